The smallest absolute Gasteiger partial charge is 0.229 e. The van der Waals surface area contributed by atoms with Gasteiger partial charge in [-0.3, -0.25) is 0 Å². The molecule has 0 amide bonds. The molecule has 3 aromatic rings. The molecule has 2 N–H and O–H groups in total. The number of aryl methyl sites for hydroxylation is 1. The average Bonchev–Trinajstić information content (AvgIpc) is 2.58. The summed E-state index contributed by atoms with van der Waals surface area (Å²) in [7, 11) is 1.64. The van der Waals surface area contributed by atoms with E-state index in [0.29, 0.717) is 11.8 Å². The highest BCUT2D eigenvalue weighted by Gasteiger charge is 2.06. The van der Waals surface area contributed by atoms with Crippen LogP contribution in [-0.2, 0) is 0 Å². The molecule has 0 atom stereocenters. The summed E-state index contributed by atoms with van der Waals surface area (Å²) in [6, 6.07) is 15.5. The lowest BCUT2D eigenvalue weighted by Crippen LogP contribution is -2.02. The fourth-order valence-electron chi connectivity index (χ4n) is 2.26. The SMILES string of the molecule is COc1ccccc1Nc1ccnc(Nc2ccc(Br)cc2C)n1. The van der Waals surface area contributed by atoms with Gasteiger partial charge in [-0.25, -0.2) is 4.98 Å². The van der Waals surface area contributed by atoms with E-state index in [2.05, 4.69) is 36.5 Å². The minimum atomic E-state index is 0.528. The molecule has 0 saturated heterocycles. The summed E-state index contributed by atoms with van der Waals surface area (Å²) >= 11 is 3.46. The number of rotatable bonds is 5. The Morgan fingerprint density at radius 1 is 1.00 bits per heavy atom. The van der Waals surface area contributed by atoms with Crippen LogP contribution in [0.1, 0.15) is 5.56 Å². The van der Waals surface area contributed by atoms with Crippen molar-refractivity contribution in [3.63, 3.8) is 0 Å². The first kappa shape index (κ1) is 16.3. The van der Waals surface area contributed by atoms with E-state index in [1.54, 1.807) is 13.3 Å². The van der Waals surface area contributed by atoms with Crippen molar-refractivity contribution >= 4 is 39.1 Å². The number of ether oxygens (including phenoxy) is 1. The Kier molecular flexibility index (Phi) is 4.96. The minimum Gasteiger partial charge on any atom is -0.495 e. The first-order valence-corrected chi connectivity index (χ1v) is 8.21. The van der Waals surface area contributed by atoms with Gasteiger partial charge in [-0.2, -0.15) is 4.98 Å². The maximum absolute atomic E-state index is 5.34. The molecular weight excluding hydrogens is 368 g/mol. The van der Waals surface area contributed by atoms with Crippen molar-refractivity contribution in [2.75, 3.05) is 17.7 Å². The van der Waals surface area contributed by atoms with Gasteiger partial charge < -0.3 is 15.4 Å². The van der Waals surface area contributed by atoms with Gasteiger partial charge in [-0.1, -0.05) is 28.1 Å². The Hall–Kier alpha value is -2.60. The molecule has 0 radical (unpaired) electrons. The zero-order valence-corrected chi connectivity index (χ0v) is 15.0. The lowest BCUT2D eigenvalue weighted by Gasteiger charge is -2.12. The fourth-order valence-corrected chi connectivity index (χ4v) is 2.74. The van der Waals surface area contributed by atoms with Crippen molar-refractivity contribution < 1.29 is 4.74 Å². The highest BCUT2D eigenvalue weighted by molar-refractivity contribution is 9.10. The van der Waals surface area contributed by atoms with Gasteiger partial charge in [-0.15, -0.1) is 0 Å². The topological polar surface area (TPSA) is 59.1 Å². The maximum Gasteiger partial charge on any atom is 0.229 e. The first-order chi connectivity index (χ1) is 11.7. The van der Waals surface area contributed by atoms with Gasteiger partial charge in [0.15, 0.2) is 0 Å². The third kappa shape index (κ3) is 3.83. The molecule has 122 valence electrons. The quantitative estimate of drug-likeness (QED) is 0.644. The van der Waals surface area contributed by atoms with Crippen molar-refractivity contribution in [2.24, 2.45) is 0 Å². The summed E-state index contributed by atoms with van der Waals surface area (Å²) in [6.07, 6.45) is 1.71. The molecule has 24 heavy (non-hydrogen) atoms. The number of anilines is 4. The van der Waals surface area contributed by atoms with Crippen LogP contribution in [-0.4, -0.2) is 17.1 Å². The van der Waals surface area contributed by atoms with Gasteiger partial charge in [0.2, 0.25) is 5.95 Å². The predicted octanol–water partition coefficient (Wildman–Crippen LogP) is 5.04. The molecule has 1 heterocycles. The van der Waals surface area contributed by atoms with Crippen LogP contribution in [0.25, 0.3) is 0 Å². The Labute approximate surface area is 149 Å². The lowest BCUT2D eigenvalue weighted by atomic mass is 10.2. The van der Waals surface area contributed by atoms with Crippen molar-refractivity contribution in [1.82, 2.24) is 9.97 Å². The molecule has 0 unspecified atom stereocenters. The summed E-state index contributed by atoms with van der Waals surface area (Å²) < 4.78 is 6.38. The minimum absolute atomic E-state index is 0.528. The van der Waals surface area contributed by atoms with E-state index in [4.69, 9.17) is 4.74 Å². The van der Waals surface area contributed by atoms with E-state index in [1.807, 2.05) is 55.5 Å². The molecule has 0 saturated carbocycles. The molecule has 2 aromatic carbocycles. The van der Waals surface area contributed by atoms with Crippen molar-refractivity contribution in [3.8, 4) is 5.75 Å². The Morgan fingerprint density at radius 3 is 2.62 bits per heavy atom. The second kappa shape index (κ2) is 7.31. The Bertz CT molecular complexity index is 854. The number of halogens is 1. The number of hydrogen-bond acceptors (Lipinski definition) is 5. The summed E-state index contributed by atoms with van der Waals surface area (Å²) in [5, 5.41) is 6.49. The Balaban J connectivity index is 1.81. The standard InChI is InChI=1S/C18H17BrN4O/c1-12-11-13(19)7-8-14(12)22-18-20-10-9-17(23-18)21-15-5-3-4-6-16(15)24-2/h3-11H,1-2H3,(H2,20,21,22,23). The van der Waals surface area contributed by atoms with Gasteiger partial charge >= 0.3 is 0 Å². The summed E-state index contributed by atoms with van der Waals surface area (Å²) in [5.41, 5.74) is 2.92. The van der Waals surface area contributed by atoms with Crippen LogP contribution < -0.4 is 15.4 Å². The zero-order valence-electron chi connectivity index (χ0n) is 13.4. The van der Waals surface area contributed by atoms with Crippen molar-refractivity contribution in [3.05, 3.63) is 64.8 Å². The van der Waals surface area contributed by atoms with E-state index < -0.39 is 0 Å². The van der Waals surface area contributed by atoms with E-state index in [-0.39, 0.29) is 0 Å². The summed E-state index contributed by atoms with van der Waals surface area (Å²) in [4.78, 5) is 8.78. The number of benzene rings is 2. The molecule has 0 aliphatic rings. The normalized spacial score (nSPS) is 10.3. The highest BCUT2D eigenvalue weighted by atomic mass is 79.9. The predicted molar refractivity (Wildman–Crippen MR) is 100 cm³/mol. The van der Waals surface area contributed by atoms with E-state index >= 15 is 0 Å². The van der Waals surface area contributed by atoms with Gasteiger partial charge in [0.25, 0.3) is 0 Å². The van der Waals surface area contributed by atoms with E-state index in [9.17, 15) is 0 Å². The van der Waals surface area contributed by atoms with E-state index in [0.717, 1.165) is 27.2 Å². The van der Waals surface area contributed by atoms with Crippen LogP contribution in [0, 0.1) is 6.92 Å². The van der Waals surface area contributed by atoms with Crippen LogP contribution in [0.5, 0.6) is 5.75 Å². The molecule has 6 heteroatoms. The fraction of sp³-hybridized carbons (Fsp3) is 0.111. The summed E-state index contributed by atoms with van der Waals surface area (Å²) in [6.45, 7) is 2.03. The zero-order chi connectivity index (χ0) is 16.9. The number of aromatic nitrogens is 2. The average molecular weight is 385 g/mol. The van der Waals surface area contributed by atoms with Crippen molar-refractivity contribution in [2.45, 2.75) is 6.92 Å². The first-order valence-electron chi connectivity index (χ1n) is 7.42. The van der Waals surface area contributed by atoms with Crippen LogP contribution in [0.3, 0.4) is 0 Å². The molecule has 0 aliphatic heterocycles. The third-order valence-corrected chi connectivity index (χ3v) is 3.95. The second-order valence-electron chi connectivity index (χ2n) is 5.18. The van der Waals surface area contributed by atoms with Crippen LogP contribution in [0.15, 0.2) is 59.2 Å². The molecule has 0 aliphatic carbocycles. The van der Waals surface area contributed by atoms with E-state index in [1.165, 1.54) is 0 Å². The maximum atomic E-state index is 5.34. The Morgan fingerprint density at radius 2 is 1.83 bits per heavy atom. The highest BCUT2D eigenvalue weighted by Crippen LogP contribution is 2.27. The van der Waals surface area contributed by atoms with Crippen molar-refractivity contribution in [1.29, 1.82) is 0 Å². The molecular formula is C18H17BrN4O. The monoisotopic (exact) mass is 384 g/mol. The molecule has 0 spiro atoms. The number of hydrogen-bond donors (Lipinski definition) is 2. The van der Waals surface area contributed by atoms with Gasteiger partial charge in [0, 0.05) is 16.4 Å². The van der Waals surface area contributed by atoms with Gasteiger partial charge in [0.05, 0.1) is 12.8 Å². The number of para-hydroxylation sites is 2. The second-order valence-corrected chi connectivity index (χ2v) is 6.09. The number of nitrogens with zero attached hydrogens (tertiary/aromatic N) is 2. The molecule has 3 rings (SSSR count). The third-order valence-electron chi connectivity index (χ3n) is 3.46. The van der Waals surface area contributed by atoms with Gasteiger partial charge in [-0.05, 0) is 48.9 Å². The lowest BCUT2D eigenvalue weighted by molar-refractivity contribution is 0.417. The molecule has 0 fully saturated rings. The van der Waals surface area contributed by atoms with Crippen LogP contribution >= 0.6 is 15.9 Å². The molecule has 5 nitrogen and oxygen atoms in total. The van der Waals surface area contributed by atoms with Crippen LogP contribution in [0.2, 0.25) is 0 Å². The van der Waals surface area contributed by atoms with Crippen LogP contribution in [0.4, 0.5) is 23.1 Å². The largest absolute Gasteiger partial charge is 0.495 e. The summed E-state index contributed by atoms with van der Waals surface area (Å²) in [5.74, 6) is 1.97. The molecule has 0 bridgehead atoms. The molecule has 1 aromatic heterocycles. The van der Waals surface area contributed by atoms with Gasteiger partial charge in [0.1, 0.15) is 11.6 Å². The number of nitrogens with one attached hydrogen (secondary N) is 2. The number of methoxy groups -OCH3 is 1.